The van der Waals surface area contributed by atoms with E-state index in [0.717, 1.165) is 11.3 Å². The molecule has 1 aromatic rings. The molecule has 124 valence electrons. The van der Waals surface area contributed by atoms with E-state index in [2.05, 4.69) is 5.16 Å². The van der Waals surface area contributed by atoms with Crippen LogP contribution in [0.2, 0.25) is 0 Å². The monoisotopic (exact) mass is 319 g/mol. The second-order valence-corrected chi connectivity index (χ2v) is 5.58. The van der Waals surface area contributed by atoms with E-state index >= 15 is 0 Å². The number of alkyl halides is 3. The Morgan fingerprint density at radius 1 is 1.55 bits per heavy atom. The van der Waals surface area contributed by atoms with Crippen LogP contribution in [-0.4, -0.2) is 53.2 Å². The zero-order valence-electron chi connectivity index (χ0n) is 12.7. The summed E-state index contributed by atoms with van der Waals surface area (Å²) in [4.78, 5) is 15.1. The van der Waals surface area contributed by atoms with Gasteiger partial charge in [0.15, 0.2) is 0 Å². The maximum atomic E-state index is 12.6. The van der Waals surface area contributed by atoms with Crippen LogP contribution in [0.4, 0.5) is 13.2 Å². The Hall–Kier alpha value is -1.57. The first-order valence-corrected chi connectivity index (χ1v) is 7.29. The molecule has 0 aliphatic carbocycles. The van der Waals surface area contributed by atoms with Gasteiger partial charge in [0.05, 0.1) is 24.8 Å². The van der Waals surface area contributed by atoms with E-state index in [1.54, 1.807) is 7.05 Å². The number of hydrogen-bond donors (Lipinski definition) is 0. The van der Waals surface area contributed by atoms with Gasteiger partial charge in [-0.25, -0.2) is 0 Å². The van der Waals surface area contributed by atoms with E-state index in [1.807, 2.05) is 6.92 Å². The summed E-state index contributed by atoms with van der Waals surface area (Å²) in [6.07, 6.45) is -1.06. The molecule has 2 rings (SSSR count). The average Bonchev–Trinajstić information content (AvgIpc) is 3.04. The summed E-state index contributed by atoms with van der Waals surface area (Å²) < 4.78 is 42.6. The highest BCUT2D eigenvalue weighted by molar-refractivity contribution is 5.82. The Labute approximate surface area is 127 Å². The number of rotatable bonds is 5. The molecule has 0 aromatic carbocycles. The van der Waals surface area contributed by atoms with Crippen molar-refractivity contribution < 1.29 is 22.5 Å². The highest BCUT2D eigenvalue weighted by atomic mass is 19.4. The summed E-state index contributed by atoms with van der Waals surface area (Å²) >= 11 is 0. The fourth-order valence-corrected chi connectivity index (χ4v) is 2.81. The largest absolute Gasteiger partial charge is 0.401 e. The van der Waals surface area contributed by atoms with E-state index in [1.165, 1.54) is 16.1 Å². The molecule has 0 unspecified atom stereocenters. The lowest BCUT2D eigenvalue weighted by Crippen LogP contribution is -2.46. The molecule has 1 fully saturated rings. The fraction of sp³-hybridized carbons (Fsp3) is 0.714. The average molecular weight is 319 g/mol. The van der Waals surface area contributed by atoms with E-state index in [0.29, 0.717) is 32.4 Å². The highest BCUT2D eigenvalue weighted by Gasteiger charge is 2.39. The molecule has 1 aromatic heterocycles. The molecule has 1 saturated heterocycles. The zero-order valence-corrected chi connectivity index (χ0v) is 12.7. The van der Waals surface area contributed by atoms with Gasteiger partial charge >= 0.3 is 6.18 Å². The molecule has 0 radical (unpaired) electrons. The van der Waals surface area contributed by atoms with Gasteiger partial charge in [-0.15, -0.1) is 0 Å². The van der Waals surface area contributed by atoms with Crippen molar-refractivity contribution in [1.82, 2.24) is 15.0 Å². The molecule has 0 spiro atoms. The van der Waals surface area contributed by atoms with Gasteiger partial charge in [-0.1, -0.05) is 12.1 Å². The van der Waals surface area contributed by atoms with Crippen LogP contribution in [0.5, 0.6) is 0 Å². The molecule has 1 aliphatic heterocycles. The number of likely N-dealkylation sites (tertiary alicyclic amines) is 1. The Balaban J connectivity index is 2.00. The molecule has 0 saturated carbocycles. The second-order valence-electron chi connectivity index (χ2n) is 5.58. The zero-order chi connectivity index (χ0) is 16.3. The number of aryl methyl sites for hydroxylation is 1. The van der Waals surface area contributed by atoms with Crippen molar-refractivity contribution in [3.63, 3.8) is 0 Å². The number of nitrogens with zero attached hydrogens (tertiary/aromatic N) is 3. The van der Waals surface area contributed by atoms with Crippen molar-refractivity contribution >= 4 is 5.91 Å². The minimum Gasteiger partial charge on any atom is -0.364 e. The van der Waals surface area contributed by atoms with Crippen LogP contribution in [0.1, 0.15) is 31.0 Å². The lowest BCUT2D eigenvalue weighted by molar-refractivity contribution is -0.154. The van der Waals surface area contributed by atoms with Gasteiger partial charge in [-0.05, 0) is 25.8 Å². The highest BCUT2D eigenvalue weighted by Crippen LogP contribution is 2.25. The molecular formula is C14H20F3N3O2. The summed E-state index contributed by atoms with van der Waals surface area (Å²) in [5.74, 6) is -0.287. The predicted molar refractivity (Wildman–Crippen MR) is 73.0 cm³/mol. The Morgan fingerprint density at radius 3 is 2.91 bits per heavy atom. The first kappa shape index (κ1) is 16.8. The first-order valence-electron chi connectivity index (χ1n) is 7.29. The van der Waals surface area contributed by atoms with E-state index in [4.69, 9.17) is 4.52 Å². The van der Waals surface area contributed by atoms with Crippen LogP contribution in [0.3, 0.4) is 0 Å². The van der Waals surface area contributed by atoms with E-state index < -0.39 is 18.8 Å². The third-order valence-electron chi connectivity index (χ3n) is 3.88. The minimum absolute atomic E-state index is 0.287. The Morgan fingerprint density at radius 2 is 2.27 bits per heavy atom. The van der Waals surface area contributed by atoms with Gasteiger partial charge in [0.25, 0.3) is 0 Å². The van der Waals surface area contributed by atoms with Crippen LogP contribution in [0, 0.1) is 0 Å². The number of likely N-dealkylation sites (N-methyl/N-ethyl adjacent to an activating group) is 1. The number of hydrogen-bond acceptors (Lipinski definition) is 4. The Kier molecular flexibility index (Phi) is 5.10. The summed E-state index contributed by atoms with van der Waals surface area (Å²) in [6.45, 7) is 1.48. The van der Waals surface area contributed by atoms with Crippen LogP contribution in [-0.2, 0) is 17.8 Å². The number of aromatic nitrogens is 1. The lowest BCUT2D eigenvalue weighted by Gasteiger charge is -2.28. The molecule has 0 N–H and O–H groups in total. The SMILES string of the molecule is CCc1nocc1CN(C)C(=O)[C@@H]1CCCN1CC(F)(F)F. The summed E-state index contributed by atoms with van der Waals surface area (Å²) in [5.41, 5.74) is 1.55. The smallest absolute Gasteiger partial charge is 0.364 e. The number of amides is 1. The van der Waals surface area contributed by atoms with Crippen LogP contribution < -0.4 is 0 Å². The van der Waals surface area contributed by atoms with Crippen LogP contribution >= 0.6 is 0 Å². The van der Waals surface area contributed by atoms with Gasteiger partial charge in [0, 0.05) is 12.6 Å². The predicted octanol–water partition coefficient (Wildman–Crippen LogP) is 2.22. The quantitative estimate of drug-likeness (QED) is 0.835. The molecule has 0 bridgehead atoms. The third-order valence-corrected chi connectivity index (χ3v) is 3.88. The summed E-state index contributed by atoms with van der Waals surface area (Å²) in [6, 6.07) is -0.698. The number of carbonyl (C=O) groups excluding carboxylic acids is 1. The molecule has 1 amide bonds. The third kappa shape index (κ3) is 4.00. The van der Waals surface area contributed by atoms with Gasteiger partial charge in [0.2, 0.25) is 5.91 Å². The van der Waals surface area contributed by atoms with Crippen molar-refractivity contribution in [3.8, 4) is 0 Å². The van der Waals surface area contributed by atoms with Crippen molar-refractivity contribution in [2.45, 2.75) is 44.9 Å². The van der Waals surface area contributed by atoms with Gasteiger partial charge in [-0.2, -0.15) is 13.2 Å². The molecule has 2 heterocycles. The maximum absolute atomic E-state index is 12.6. The second kappa shape index (κ2) is 6.68. The van der Waals surface area contributed by atoms with E-state index in [-0.39, 0.29) is 5.91 Å². The number of carbonyl (C=O) groups is 1. The molecule has 1 aliphatic rings. The minimum atomic E-state index is -4.29. The maximum Gasteiger partial charge on any atom is 0.401 e. The van der Waals surface area contributed by atoms with Crippen molar-refractivity contribution in [2.24, 2.45) is 0 Å². The molecule has 5 nitrogen and oxygen atoms in total. The summed E-state index contributed by atoms with van der Waals surface area (Å²) in [7, 11) is 1.60. The molecule has 8 heteroatoms. The fourth-order valence-electron chi connectivity index (χ4n) is 2.81. The van der Waals surface area contributed by atoms with Crippen molar-refractivity contribution in [3.05, 3.63) is 17.5 Å². The first-order chi connectivity index (χ1) is 10.3. The van der Waals surface area contributed by atoms with E-state index in [9.17, 15) is 18.0 Å². The lowest BCUT2D eigenvalue weighted by atomic mass is 10.1. The molecule has 22 heavy (non-hydrogen) atoms. The number of halogens is 3. The van der Waals surface area contributed by atoms with Crippen molar-refractivity contribution in [2.75, 3.05) is 20.1 Å². The standard InChI is InChI=1S/C14H20F3N3O2/c1-3-11-10(8-22-18-11)7-19(2)13(21)12-5-4-6-20(12)9-14(15,16)17/h8,12H,3-7,9H2,1-2H3/t12-/m0/s1. The van der Waals surface area contributed by atoms with Gasteiger partial charge in [-0.3, -0.25) is 9.69 Å². The van der Waals surface area contributed by atoms with Crippen LogP contribution in [0.25, 0.3) is 0 Å². The molecular weight excluding hydrogens is 299 g/mol. The topological polar surface area (TPSA) is 49.6 Å². The van der Waals surface area contributed by atoms with Crippen molar-refractivity contribution in [1.29, 1.82) is 0 Å². The summed E-state index contributed by atoms with van der Waals surface area (Å²) in [5, 5.41) is 3.84. The van der Waals surface area contributed by atoms with Crippen LogP contribution in [0.15, 0.2) is 10.8 Å². The molecule has 1 atom stereocenters. The normalized spacial score (nSPS) is 19.6. The van der Waals surface area contributed by atoms with Gasteiger partial charge in [0.1, 0.15) is 6.26 Å². The Bertz CT molecular complexity index is 516. The van der Waals surface area contributed by atoms with Gasteiger partial charge < -0.3 is 9.42 Å².